The van der Waals surface area contributed by atoms with Crippen LogP contribution in [-0.2, 0) is 26.0 Å². The Morgan fingerprint density at radius 1 is 1.24 bits per heavy atom. The first-order valence-corrected chi connectivity index (χ1v) is 10.4. The van der Waals surface area contributed by atoms with Gasteiger partial charge in [0.15, 0.2) is 5.58 Å². The Kier molecular flexibility index (Phi) is 4.71. The molecule has 0 atom stereocenters. The largest absolute Gasteiger partial charge is 0.469 e. The van der Waals surface area contributed by atoms with Crippen LogP contribution in [0.5, 0.6) is 0 Å². The van der Waals surface area contributed by atoms with Crippen LogP contribution in [0, 0.1) is 0 Å². The first-order valence-electron chi connectivity index (χ1n) is 8.58. The van der Waals surface area contributed by atoms with Gasteiger partial charge in [-0.3, -0.25) is 4.79 Å². The Hall–Kier alpha value is -3.04. The topological polar surface area (TPSA) is 117 Å². The molecule has 0 saturated heterocycles. The van der Waals surface area contributed by atoms with Gasteiger partial charge in [-0.05, 0) is 42.8 Å². The molecule has 29 heavy (non-hydrogen) atoms. The first kappa shape index (κ1) is 19.3. The van der Waals surface area contributed by atoms with E-state index in [0.29, 0.717) is 27.1 Å². The molecule has 0 aliphatic carbocycles. The molecule has 2 heterocycles. The minimum absolute atomic E-state index is 0.00733. The molecule has 8 nitrogen and oxygen atoms in total. The number of ether oxygens (including phenoxy) is 1. The maximum absolute atomic E-state index is 13.5. The van der Waals surface area contributed by atoms with Gasteiger partial charge in [0, 0.05) is 22.2 Å². The number of aromatic nitrogens is 2. The number of halogens is 1. The quantitative estimate of drug-likeness (QED) is 0.479. The number of nitrogens with zero attached hydrogens (tertiary/aromatic N) is 2. The van der Waals surface area contributed by atoms with Gasteiger partial charge in [-0.25, -0.2) is 12.4 Å². The molecule has 0 bridgehead atoms. The molecule has 0 amide bonds. The summed E-state index contributed by atoms with van der Waals surface area (Å²) in [7, 11) is -2.73. The van der Waals surface area contributed by atoms with E-state index in [1.165, 1.54) is 29.3 Å². The van der Waals surface area contributed by atoms with Crippen LogP contribution in [0.4, 0.5) is 6.01 Å². The van der Waals surface area contributed by atoms with Crippen LogP contribution in [0.3, 0.4) is 0 Å². The highest BCUT2D eigenvalue weighted by Gasteiger charge is 2.24. The van der Waals surface area contributed by atoms with Crippen LogP contribution in [0.1, 0.15) is 12.1 Å². The van der Waals surface area contributed by atoms with Crippen molar-refractivity contribution in [2.45, 2.75) is 17.7 Å². The van der Waals surface area contributed by atoms with Crippen molar-refractivity contribution in [1.82, 2.24) is 8.96 Å². The third kappa shape index (κ3) is 3.43. The van der Waals surface area contributed by atoms with Crippen molar-refractivity contribution in [3.63, 3.8) is 0 Å². The van der Waals surface area contributed by atoms with Crippen LogP contribution in [-0.4, -0.2) is 30.5 Å². The molecular formula is C19H16ClN3O5S. The number of rotatable bonds is 5. The van der Waals surface area contributed by atoms with Crippen LogP contribution < -0.4 is 5.73 Å². The summed E-state index contributed by atoms with van der Waals surface area (Å²) in [6, 6.07) is 10.9. The lowest BCUT2D eigenvalue weighted by atomic mass is 10.2. The molecular weight excluding hydrogens is 418 g/mol. The van der Waals surface area contributed by atoms with Gasteiger partial charge in [-0.15, -0.1) is 0 Å². The summed E-state index contributed by atoms with van der Waals surface area (Å²) >= 11 is 6.07. The summed E-state index contributed by atoms with van der Waals surface area (Å²) in [5, 5.41) is 1.12. The Labute approximate surface area is 170 Å². The van der Waals surface area contributed by atoms with Crippen molar-refractivity contribution in [3.05, 3.63) is 53.2 Å². The molecule has 2 aromatic carbocycles. The third-order valence-corrected chi connectivity index (χ3v) is 6.52. The minimum Gasteiger partial charge on any atom is -0.469 e. The van der Waals surface area contributed by atoms with E-state index in [2.05, 4.69) is 9.72 Å². The molecule has 2 N–H and O–H groups in total. The molecule has 0 aliphatic rings. The molecule has 0 aliphatic heterocycles. The van der Waals surface area contributed by atoms with E-state index in [1.807, 2.05) is 0 Å². The van der Waals surface area contributed by atoms with Gasteiger partial charge in [0.25, 0.3) is 16.0 Å². The van der Waals surface area contributed by atoms with Crippen LogP contribution in [0.2, 0.25) is 5.02 Å². The zero-order chi connectivity index (χ0) is 20.8. The van der Waals surface area contributed by atoms with E-state index in [4.69, 9.17) is 21.8 Å². The zero-order valence-corrected chi connectivity index (χ0v) is 16.8. The van der Waals surface area contributed by atoms with Gasteiger partial charge >= 0.3 is 5.97 Å². The average Bonchev–Trinajstić information content (AvgIpc) is 3.24. The molecule has 4 rings (SSSR count). The number of nitrogens with two attached hydrogens (primary N) is 1. The highest BCUT2D eigenvalue weighted by molar-refractivity contribution is 7.90. The predicted octanol–water partition coefficient (Wildman–Crippen LogP) is 3.36. The van der Waals surface area contributed by atoms with Gasteiger partial charge in [0.05, 0.1) is 23.9 Å². The van der Waals surface area contributed by atoms with E-state index < -0.39 is 16.0 Å². The number of nitrogen functional groups attached to an aromatic ring is 1. The number of aryl methyl sites for hydroxylation is 1. The monoisotopic (exact) mass is 433 g/mol. The van der Waals surface area contributed by atoms with Crippen molar-refractivity contribution < 1.29 is 22.4 Å². The normalized spacial score (nSPS) is 11.9. The van der Waals surface area contributed by atoms with E-state index >= 15 is 0 Å². The fraction of sp³-hybridized carbons (Fsp3) is 0.158. The summed E-state index contributed by atoms with van der Waals surface area (Å²) in [4.78, 5) is 15.6. The number of methoxy groups -OCH3 is 1. The third-order valence-electron chi connectivity index (χ3n) is 4.52. The highest BCUT2D eigenvalue weighted by Crippen LogP contribution is 2.30. The van der Waals surface area contributed by atoms with Gasteiger partial charge in [-0.1, -0.05) is 11.6 Å². The molecule has 2 aromatic heterocycles. The number of oxazole rings is 1. The van der Waals surface area contributed by atoms with Crippen molar-refractivity contribution in [1.29, 1.82) is 0 Å². The second kappa shape index (κ2) is 7.09. The fourth-order valence-corrected chi connectivity index (χ4v) is 4.96. The van der Waals surface area contributed by atoms with Crippen molar-refractivity contribution in [2.75, 3.05) is 12.8 Å². The Balaban J connectivity index is 1.90. The maximum atomic E-state index is 13.5. The molecule has 0 radical (unpaired) electrons. The van der Waals surface area contributed by atoms with Crippen LogP contribution >= 0.6 is 11.6 Å². The number of fused-ring (bicyclic) bond motifs is 2. The molecule has 4 aromatic rings. The number of benzene rings is 2. The number of hydrogen-bond donors (Lipinski definition) is 1. The van der Waals surface area contributed by atoms with E-state index in [9.17, 15) is 13.2 Å². The highest BCUT2D eigenvalue weighted by atomic mass is 35.5. The molecule has 150 valence electrons. The van der Waals surface area contributed by atoms with Crippen LogP contribution in [0.15, 0.2) is 51.8 Å². The maximum Gasteiger partial charge on any atom is 0.305 e. The molecule has 10 heteroatoms. The summed E-state index contributed by atoms with van der Waals surface area (Å²) in [5.74, 6) is -0.434. The predicted molar refractivity (Wildman–Crippen MR) is 108 cm³/mol. The van der Waals surface area contributed by atoms with Gasteiger partial charge in [0.2, 0.25) is 0 Å². The molecule has 0 saturated carbocycles. The first-order chi connectivity index (χ1) is 13.8. The van der Waals surface area contributed by atoms with Crippen molar-refractivity contribution >= 4 is 55.6 Å². The average molecular weight is 434 g/mol. The van der Waals surface area contributed by atoms with E-state index in [0.717, 1.165) is 0 Å². The van der Waals surface area contributed by atoms with Crippen molar-refractivity contribution in [2.24, 2.45) is 0 Å². The lowest BCUT2D eigenvalue weighted by molar-refractivity contribution is -0.140. The van der Waals surface area contributed by atoms with Gasteiger partial charge < -0.3 is 14.9 Å². The lowest BCUT2D eigenvalue weighted by Gasteiger charge is -2.12. The number of esters is 1. The van der Waals surface area contributed by atoms with E-state index in [1.54, 1.807) is 24.3 Å². The summed E-state index contributed by atoms with van der Waals surface area (Å²) in [6.07, 6.45) is 0.212. The number of carbonyl (C=O) groups is 1. The SMILES string of the molecule is COC(=O)CCc1cc2cc(Cl)ccc2n1S(=O)(=O)c1ccc2nc(N)oc2c1. The summed E-state index contributed by atoms with van der Waals surface area (Å²) in [6.45, 7) is 0. The van der Waals surface area contributed by atoms with Crippen molar-refractivity contribution in [3.8, 4) is 0 Å². The molecule has 0 fully saturated rings. The second-order valence-corrected chi connectivity index (χ2v) is 8.59. The minimum atomic E-state index is -4.01. The lowest BCUT2D eigenvalue weighted by Crippen LogP contribution is -2.16. The Bertz CT molecular complexity index is 1360. The standard InChI is InChI=1S/C19H16ClN3O5S/c1-27-18(24)7-3-13-9-11-8-12(20)2-6-16(11)23(13)29(25,26)14-4-5-15-17(10-14)28-19(21)22-15/h2,4-6,8-10H,3,7H2,1H3,(H2,21,22). The fourth-order valence-electron chi connectivity index (χ4n) is 3.20. The Morgan fingerprint density at radius 2 is 2.03 bits per heavy atom. The van der Waals surface area contributed by atoms with Crippen LogP contribution in [0.25, 0.3) is 22.0 Å². The second-order valence-electron chi connectivity index (χ2n) is 6.37. The summed E-state index contributed by atoms with van der Waals surface area (Å²) < 4.78 is 38.1. The number of hydrogen-bond acceptors (Lipinski definition) is 7. The van der Waals surface area contributed by atoms with E-state index in [-0.39, 0.29) is 29.3 Å². The van der Waals surface area contributed by atoms with Gasteiger partial charge in [0.1, 0.15) is 5.52 Å². The number of anilines is 1. The zero-order valence-electron chi connectivity index (χ0n) is 15.3. The Morgan fingerprint density at radius 3 is 2.79 bits per heavy atom. The number of carbonyl (C=O) groups excluding carboxylic acids is 1. The molecule has 0 spiro atoms. The molecule has 0 unspecified atom stereocenters. The smallest absolute Gasteiger partial charge is 0.305 e. The summed E-state index contributed by atoms with van der Waals surface area (Å²) in [5.41, 5.74) is 7.15. The van der Waals surface area contributed by atoms with Gasteiger partial charge in [-0.2, -0.15) is 4.98 Å².